The molecule has 1 aromatic rings. The lowest BCUT2D eigenvalue weighted by Gasteiger charge is -2.33. The number of hydrogen-bond donors (Lipinski definition) is 1. The SMILES string of the molecule is CN=C(NCCc1ccc(S(C)(=O)=O)cc1)N1CCCC(C)C1.I. The topological polar surface area (TPSA) is 61.8 Å². The zero-order valence-corrected chi connectivity index (χ0v) is 17.8. The van der Waals surface area contributed by atoms with Crippen molar-refractivity contribution in [2.45, 2.75) is 31.1 Å². The van der Waals surface area contributed by atoms with Gasteiger partial charge < -0.3 is 10.2 Å². The number of nitrogens with one attached hydrogen (secondary N) is 1. The fourth-order valence-corrected chi connectivity index (χ4v) is 3.57. The second-order valence-electron chi connectivity index (χ2n) is 6.33. The molecule has 7 heteroatoms. The lowest BCUT2D eigenvalue weighted by molar-refractivity contribution is 0.266. The zero-order valence-electron chi connectivity index (χ0n) is 14.7. The maximum atomic E-state index is 11.5. The minimum atomic E-state index is -3.12. The van der Waals surface area contributed by atoms with Crippen molar-refractivity contribution in [2.24, 2.45) is 10.9 Å². The Labute approximate surface area is 162 Å². The molecule has 1 fully saturated rings. The van der Waals surface area contributed by atoms with Crippen molar-refractivity contribution < 1.29 is 8.42 Å². The lowest BCUT2D eigenvalue weighted by Crippen LogP contribution is -2.46. The number of benzene rings is 1. The van der Waals surface area contributed by atoms with Crippen LogP contribution < -0.4 is 5.32 Å². The molecule has 0 aliphatic carbocycles. The Hall–Kier alpha value is -0.830. The van der Waals surface area contributed by atoms with Crippen LogP contribution in [0.5, 0.6) is 0 Å². The van der Waals surface area contributed by atoms with E-state index in [0.29, 0.717) is 10.8 Å². The number of nitrogens with zero attached hydrogens (tertiary/aromatic N) is 2. The molecular formula is C17H28IN3O2S. The van der Waals surface area contributed by atoms with Gasteiger partial charge in [-0.15, -0.1) is 24.0 Å². The van der Waals surface area contributed by atoms with E-state index in [1.54, 1.807) is 12.1 Å². The molecule has 1 aliphatic rings. The predicted molar refractivity (Wildman–Crippen MR) is 110 cm³/mol. The first kappa shape index (κ1) is 21.2. The van der Waals surface area contributed by atoms with Crippen LogP contribution in [-0.4, -0.2) is 52.2 Å². The molecule has 0 amide bonds. The Kier molecular flexibility index (Phi) is 8.49. The molecule has 5 nitrogen and oxygen atoms in total. The van der Waals surface area contributed by atoms with Crippen molar-refractivity contribution >= 4 is 39.8 Å². The Balaban J connectivity index is 0.00000288. The van der Waals surface area contributed by atoms with Crippen molar-refractivity contribution in [1.29, 1.82) is 0 Å². The van der Waals surface area contributed by atoms with Crippen LogP contribution in [0.3, 0.4) is 0 Å². The number of sulfone groups is 1. The summed E-state index contributed by atoms with van der Waals surface area (Å²) in [6.45, 7) is 5.19. The van der Waals surface area contributed by atoms with Crippen LogP contribution >= 0.6 is 24.0 Å². The second-order valence-corrected chi connectivity index (χ2v) is 8.35. The summed E-state index contributed by atoms with van der Waals surface area (Å²) in [6, 6.07) is 7.10. The molecule has 0 radical (unpaired) electrons. The third-order valence-corrected chi connectivity index (χ3v) is 5.35. The van der Waals surface area contributed by atoms with E-state index in [0.717, 1.165) is 37.6 Å². The first-order chi connectivity index (χ1) is 10.9. The molecule has 1 heterocycles. The Morgan fingerprint density at radius 3 is 2.54 bits per heavy atom. The van der Waals surface area contributed by atoms with E-state index in [-0.39, 0.29) is 24.0 Å². The van der Waals surface area contributed by atoms with E-state index < -0.39 is 9.84 Å². The van der Waals surface area contributed by atoms with E-state index >= 15 is 0 Å². The summed E-state index contributed by atoms with van der Waals surface area (Å²) in [6.07, 6.45) is 4.58. The molecule has 1 aliphatic heterocycles. The molecule has 1 aromatic carbocycles. The number of rotatable bonds is 4. The number of hydrogen-bond acceptors (Lipinski definition) is 3. The summed E-state index contributed by atoms with van der Waals surface area (Å²) in [7, 11) is -1.30. The van der Waals surface area contributed by atoms with Crippen LogP contribution in [0.25, 0.3) is 0 Å². The summed E-state index contributed by atoms with van der Waals surface area (Å²) < 4.78 is 22.9. The number of halogens is 1. The molecule has 2 rings (SSSR count). The van der Waals surface area contributed by atoms with E-state index in [1.807, 2.05) is 19.2 Å². The highest BCUT2D eigenvalue weighted by Crippen LogP contribution is 2.15. The fourth-order valence-electron chi connectivity index (χ4n) is 2.94. The van der Waals surface area contributed by atoms with Gasteiger partial charge in [-0.05, 0) is 42.9 Å². The Morgan fingerprint density at radius 2 is 2.00 bits per heavy atom. The van der Waals surface area contributed by atoms with Gasteiger partial charge in [0, 0.05) is 32.9 Å². The van der Waals surface area contributed by atoms with Gasteiger partial charge in [-0.3, -0.25) is 4.99 Å². The van der Waals surface area contributed by atoms with E-state index in [1.165, 1.54) is 19.1 Å². The van der Waals surface area contributed by atoms with Crippen molar-refractivity contribution in [3.8, 4) is 0 Å². The smallest absolute Gasteiger partial charge is 0.193 e. The average molecular weight is 465 g/mol. The normalized spacial score (nSPS) is 18.9. The van der Waals surface area contributed by atoms with Gasteiger partial charge in [0.2, 0.25) is 0 Å². The number of likely N-dealkylation sites (tertiary alicyclic amines) is 1. The quantitative estimate of drug-likeness (QED) is 0.422. The third-order valence-electron chi connectivity index (χ3n) is 4.22. The van der Waals surface area contributed by atoms with Gasteiger partial charge in [-0.2, -0.15) is 0 Å². The summed E-state index contributed by atoms with van der Waals surface area (Å²) in [5.74, 6) is 1.68. The summed E-state index contributed by atoms with van der Waals surface area (Å²) in [5, 5.41) is 3.41. The van der Waals surface area contributed by atoms with Gasteiger partial charge in [-0.1, -0.05) is 19.1 Å². The van der Waals surface area contributed by atoms with Crippen molar-refractivity contribution in [3.05, 3.63) is 29.8 Å². The van der Waals surface area contributed by atoms with Crippen LogP contribution in [0.1, 0.15) is 25.3 Å². The number of piperidine rings is 1. The first-order valence-corrected chi connectivity index (χ1v) is 10.0. The molecule has 0 bridgehead atoms. The minimum Gasteiger partial charge on any atom is -0.356 e. The van der Waals surface area contributed by atoms with Crippen molar-refractivity contribution in [1.82, 2.24) is 10.2 Å². The van der Waals surface area contributed by atoms with Gasteiger partial charge in [0.1, 0.15) is 0 Å². The molecular weight excluding hydrogens is 437 g/mol. The third kappa shape index (κ3) is 6.23. The maximum Gasteiger partial charge on any atom is 0.193 e. The van der Waals surface area contributed by atoms with Crippen LogP contribution in [0.4, 0.5) is 0 Å². The zero-order chi connectivity index (χ0) is 16.9. The van der Waals surface area contributed by atoms with Gasteiger partial charge >= 0.3 is 0 Å². The summed E-state index contributed by atoms with van der Waals surface area (Å²) in [5.41, 5.74) is 1.12. The minimum absolute atomic E-state index is 0. The predicted octanol–water partition coefficient (Wildman–Crippen LogP) is 2.56. The highest BCUT2D eigenvalue weighted by atomic mass is 127. The van der Waals surface area contributed by atoms with E-state index in [4.69, 9.17) is 0 Å². The monoisotopic (exact) mass is 465 g/mol. The van der Waals surface area contributed by atoms with Crippen LogP contribution in [0.15, 0.2) is 34.2 Å². The Morgan fingerprint density at radius 1 is 1.33 bits per heavy atom. The molecule has 0 saturated carbocycles. The van der Waals surface area contributed by atoms with Gasteiger partial charge in [-0.25, -0.2) is 8.42 Å². The lowest BCUT2D eigenvalue weighted by atomic mass is 10.0. The highest BCUT2D eigenvalue weighted by Gasteiger charge is 2.18. The largest absolute Gasteiger partial charge is 0.356 e. The van der Waals surface area contributed by atoms with Crippen molar-refractivity contribution in [3.63, 3.8) is 0 Å². The van der Waals surface area contributed by atoms with Gasteiger partial charge in [0.15, 0.2) is 15.8 Å². The van der Waals surface area contributed by atoms with E-state index in [2.05, 4.69) is 22.1 Å². The number of guanidine groups is 1. The van der Waals surface area contributed by atoms with Crippen LogP contribution in [0.2, 0.25) is 0 Å². The molecule has 1 saturated heterocycles. The molecule has 0 aromatic heterocycles. The number of aliphatic imine (C=N–C) groups is 1. The molecule has 1 atom stereocenters. The van der Waals surface area contributed by atoms with Gasteiger partial charge in [0.05, 0.1) is 4.90 Å². The molecule has 1 unspecified atom stereocenters. The van der Waals surface area contributed by atoms with Crippen molar-refractivity contribution in [2.75, 3.05) is 32.9 Å². The second kappa shape index (κ2) is 9.60. The highest BCUT2D eigenvalue weighted by molar-refractivity contribution is 14.0. The Bertz CT molecular complexity index is 644. The first-order valence-electron chi connectivity index (χ1n) is 8.14. The molecule has 1 N–H and O–H groups in total. The summed E-state index contributed by atoms with van der Waals surface area (Å²) in [4.78, 5) is 7.06. The average Bonchev–Trinajstić information content (AvgIpc) is 2.51. The van der Waals surface area contributed by atoms with Crippen LogP contribution in [-0.2, 0) is 16.3 Å². The molecule has 24 heavy (non-hydrogen) atoms. The summed E-state index contributed by atoms with van der Waals surface area (Å²) >= 11 is 0. The van der Waals surface area contributed by atoms with Gasteiger partial charge in [0.25, 0.3) is 0 Å². The van der Waals surface area contributed by atoms with Crippen LogP contribution in [0, 0.1) is 5.92 Å². The van der Waals surface area contributed by atoms with E-state index in [9.17, 15) is 8.42 Å². The maximum absolute atomic E-state index is 11.5. The fraction of sp³-hybridized carbons (Fsp3) is 0.588. The molecule has 136 valence electrons. The molecule has 0 spiro atoms. The standard InChI is InChI=1S/C17H27N3O2S.HI/c1-14-5-4-12-20(13-14)17(18-2)19-11-10-15-6-8-16(9-7-15)23(3,21)22;/h6-9,14H,4-5,10-13H2,1-3H3,(H,18,19);1H.